The van der Waals surface area contributed by atoms with Gasteiger partial charge in [-0.05, 0) is 218 Å². The molecule has 12 aromatic carbocycles. The Bertz CT molecular complexity index is 8030. The molecule has 1 aliphatic carbocycles. The Morgan fingerprint density at radius 1 is 0.253 bits per heavy atom. The molecule has 18 nitrogen and oxygen atoms in total. The predicted octanol–water partition coefficient (Wildman–Crippen LogP) is 21.3. The molecular weight excluding hydrogens is 1850 g/mol. The Hall–Kier alpha value is -15.4. The lowest BCUT2D eigenvalue weighted by Gasteiger charge is -2.44. The molecule has 732 valence electrons. The van der Waals surface area contributed by atoms with Crippen LogP contribution in [-0.4, -0.2) is 68.2 Å². The number of anilines is 4. The first kappa shape index (κ1) is 99.3. The van der Waals surface area contributed by atoms with E-state index in [-0.39, 0.29) is 16.2 Å². The second-order valence-corrected chi connectivity index (χ2v) is 55.6. The molecule has 0 bridgehead atoms. The van der Waals surface area contributed by atoms with Crippen LogP contribution in [0.25, 0.3) is 67.5 Å². The molecule has 0 amide bonds. The maximum atomic E-state index is 6.44. The molecule has 0 saturated heterocycles. The van der Waals surface area contributed by atoms with E-state index in [2.05, 4.69) is 408 Å². The molecule has 146 heavy (non-hydrogen) atoms. The molecule has 0 saturated carbocycles. The van der Waals surface area contributed by atoms with Gasteiger partial charge in [-0.1, -0.05) is 235 Å². The van der Waals surface area contributed by atoms with E-state index in [4.69, 9.17) is 18.9 Å². The lowest BCUT2D eigenvalue weighted by molar-refractivity contribution is -0.663. The molecule has 0 radical (unpaired) electrons. The van der Waals surface area contributed by atoms with Gasteiger partial charge < -0.3 is 28.7 Å². The zero-order valence-corrected chi connectivity index (χ0v) is 92.1. The van der Waals surface area contributed by atoms with Crippen molar-refractivity contribution in [2.24, 2.45) is 42.3 Å². The number of rotatable bonds is 6. The van der Waals surface area contributed by atoms with E-state index in [1.807, 2.05) is 155 Å². The Balaban J connectivity index is 0.000000111. The third-order valence-electron chi connectivity index (χ3n) is 31.1. The lowest BCUT2D eigenvalue weighted by Crippen LogP contribution is -2.58. The van der Waals surface area contributed by atoms with Crippen LogP contribution in [0, 0.1) is 41.5 Å². The van der Waals surface area contributed by atoms with Gasteiger partial charge in [0.1, 0.15) is 104 Å². The van der Waals surface area contributed by atoms with E-state index in [0.717, 1.165) is 85.6 Å². The Morgan fingerprint density at radius 3 is 1.15 bits per heavy atom. The molecule has 24 rings (SSSR count). The summed E-state index contributed by atoms with van der Waals surface area (Å²) in [7, 11) is 11.2. The van der Waals surface area contributed by atoms with Crippen molar-refractivity contribution in [1.29, 1.82) is 0 Å². The highest BCUT2D eigenvalue weighted by Gasteiger charge is 2.46. The second kappa shape index (κ2) is 38.9. The van der Waals surface area contributed by atoms with Crippen LogP contribution in [0.5, 0.6) is 46.0 Å². The van der Waals surface area contributed by atoms with E-state index in [1.54, 1.807) is 12.5 Å². The first-order chi connectivity index (χ1) is 69.8. The van der Waals surface area contributed by atoms with Gasteiger partial charge in [-0.25, -0.2) is 13.7 Å². The number of hydrogen-bond donors (Lipinski definition) is 0. The monoisotopic (exact) mass is 1980 g/mol. The lowest BCUT2D eigenvalue weighted by atomic mass is 9.59. The van der Waals surface area contributed by atoms with Crippen molar-refractivity contribution in [3.05, 3.63) is 397 Å². The first-order valence-corrected chi connectivity index (χ1v) is 59.2. The van der Waals surface area contributed by atoms with E-state index >= 15 is 0 Å². The summed E-state index contributed by atoms with van der Waals surface area (Å²) in [4.78, 5) is 30.3. The summed E-state index contributed by atoms with van der Waals surface area (Å²) < 4.78 is 37.4. The summed E-state index contributed by atoms with van der Waals surface area (Å²) in [5, 5.41) is 8.47. The highest BCUT2D eigenvalue weighted by atomic mass is 28.3. The Kier molecular flexibility index (Phi) is 26.5. The van der Waals surface area contributed by atoms with Crippen LogP contribution in [0.3, 0.4) is 0 Å². The fraction of sp³-hybridized carbons (Fsp3) is 0.232. The number of fused-ring (bicyclic) bond motifs is 12. The molecule has 0 spiro atoms. The van der Waals surface area contributed by atoms with Gasteiger partial charge in [0.15, 0.2) is 41.6 Å². The highest BCUT2D eigenvalue weighted by Crippen LogP contribution is 2.55. The number of aromatic nitrogens is 12. The maximum Gasteiger partial charge on any atom is 0.286 e. The van der Waals surface area contributed by atoms with Crippen LogP contribution in [0.15, 0.2) is 330 Å². The summed E-state index contributed by atoms with van der Waals surface area (Å²) >= 11 is 0. The van der Waals surface area contributed by atoms with Gasteiger partial charge >= 0.3 is 0 Å². The van der Waals surface area contributed by atoms with E-state index < -0.39 is 24.2 Å². The van der Waals surface area contributed by atoms with Crippen molar-refractivity contribution in [2.75, 3.05) is 23.9 Å². The predicted molar refractivity (Wildman–Crippen MR) is 595 cm³/mol. The largest absolute Gasteiger partial charge is 0.458 e. The average Bonchev–Trinajstić information content (AvgIpc) is 0.707. The number of aryl methyl sites for hydroxylation is 12. The van der Waals surface area contributed by atoms with E-state index in [1.165, 1.54) is 149 Å². The molecule has 6 aliphatic rings. The normalized spacial score (nSPS) is 14.6. The molecule has 0 atom stereocenters. The van der Waals surface area contributed by atoms with Gasteiger partial charge in [0.05, 0.1) is 86.1 Å². The second-order valence-electron chi connectivity index (χ2n) is 42.7. The molecule has 18 aromatic rings. The fourth-order valence-corrected chi connectivity index (χ4v) is 31.7. The molecule has 11 heterocycles. The van der Waals surface area contributed by atoms with Crippen LogP contribution in [-0.2, 0) is 58.5 Å². The molecular formula is C125H132N14O4Si3+6. The molecule has 5 aliphatic heterocycles. The first-order valence-electron chi connectivity index (χ1n) is 50.2. The van der Waals surface area contributed by atoms with E-state index in [9.17, 15) is 0 Å². The summed E-state index contributed by atoms with van der Waals surface area (Å²) in [5.41, 5.74) is 35.3. The molecule has 0 fully saturated rings. The zero-order chi connectivity index (χ0) is 103. The number of para-hydroxylation sites is 6. The summed E-state index contributed by atoms with van der Waals surface area (Å²) in [6.07, 6.45) is 28.4. The van der Waals surface area contributed by atoms with Crippen LogP contribution >= 0.6 is 0 Å². The minimum absolute atomic E-state index is 0.00185. The van der Waals surface area contributed by atoms with Crippen molar-refractivity contribution >= 4 is 78.1 Å². The highest BCUT2D eigenvalue weighted by molar-refractivity contribution is 7.03. The van der Waals surface area contributed by atoms with Crippen molar-refractivity contribution < 1.29 is 46.4 Å². The molecule has 0 N–H and O–H groups in total. The fourth-order valence-electron chi connectivity index (χ4n) is 22.6. The summed E-state index contributed by atoms with van der Waals surface area (Å²) in [6, 6.07) is 84.3. The maximum absolute atomic E-state index is 6.44. The number of benzene rings is 12. The standard InChI is InChI=1S/C24H27N2.C22H24N3.C21H24N3Si.2C20H21N2OSi.C18H15N2O2/c1-16-13-20-21(14-17(16)22-15-25-11-12-26(22)6)24(4,5)19-10-8-7-9-18(19)23(20,2)3;1-15-12-20-18(13-16(15)21-14-23-10-11-24(21)4)22(2,3)17-8-6-7-9-19(17)25(20)5;1-15-12-18-21(13-16(15)19-14-22-10-11-23(19)2)25(4,5)20-9-7-6-8-17(20)24(18)3;1-14-9-10-17-20(19(14)15-11-12-21-13-22(15)2)24(3,4)18-8-6-5-7-16(18)23-17;1-14-9-10-18-20(19(14)15-11-12-21-13-22(15)2)23-16-7-5-6-8-17(16)24(18,3)4;1-12-7-8-16-18(17(12)13-9-10-19-11-20(13)2)22-15-6-4-3-5-14(15)21-16/h7-15H,1-6H3;2*6-14H,1-5H3;2*5-13H,1-4H3;3-11H,1-2H3/q6*+1. The Morgan fingerprint density at radius 2 is 0.623 bits per heavy atom. The summed E-state index contributed by atoms with van der Waals surface area (Å²) in [5.74, 6) is 7.00. The molecule has 6 aromatic heterocycles. The number of nitrogens with zero attached hydrogens (tertiary/aromatic N) is 14. The third-order valence-corrected chi connectivity index (χ3v) is 41.6. The average molecular weight is 1980 g/mol. The summed E-state index contributed by atoms with van der Waals surface area (Å²) in [6.45, 7) is 41.6. The van der Waals surface area contributed by atoms with Gasteiger partial charge in [0, 0.05) is 76.9 Å². The molecule has 21 heteroatoms. The van der Waals surface area contributed by atoms with Gasteiger partial charge in [0.2, 0.25) is 17.1 Å². The van der Waals surface area contributed by atoms with Crippen LogP contribution in [0.4, 0.5) is 22.7 Å². The van der Waals surface area contributed by atoms with Gasteiger partial charge in [-0.3, -0.25) is 15.0 Å². The topological polar surface area (TPSA) is 144 Å². The van der Waals surface area contributed by atoms with Crippen molar-refractivity contribution in [3.63, 3.8) is 0 Å². The van der Waals surface area contributed by atoms with Crippen LogP contribution in [0.1, 0.15) is 108 Å². The molecule has 0 unspecified atom stereocenters. The van der Waals surface area contributed by atoms with Crippen LogP contribution in [0.2, 0.25) is 39.3 Å². The van der Waals surface area contributed by atoms with Crippen molar-refractivity contribution in [1.82, 2.24) is 29.9 Å². The van der Waals surface area contributed by atoms with Crippen LogP contribution < -0.4 is 87.3 Å². The number of ether oxygens (including phenoxy) is 4. The van der Waals surface area contributed by atoms with Gasteiger partial charge in [-0.2, -0.15) is 13.7 Å². The zero-order valence-electron chi connectivity index (χ0n) is 89.1. The van der Waals surface area contributed by atoms with E-state index in [0.29, 0.717) is 0 Å². The SMILES string of the molecule is Cc1cc2c(cc1-c1cncc[n+]1C)C(C)(C)c1ccccc1C2(C)C.Cc1cc2c(cc1-c1cncc[n+]1C)C(C)(C)c1ccccc1N2C.Cc1cc2c(cc1-c1cncc[n+]1C)[Si](C)(C)c1ccccc1N2C.Cc1ccc2c(c1-c1ccnc[n+]1C)Oc1ccccc1O2.Cc1ccc2c(c1-c1ccnc[n+]1C)Oc1ccccc1[Si]2(C)C.Cc1ccc2c(c1-c1ccnc[n+]1C)[Si](C)(C)c1ccccc1O2. The van der Waals surface area contributed by atoms with Gasteiger partial charge in [0.25, 0.3) is 19.0 Å². The van der Waals surface area contributed by atoms with Gasteiger partial charge in [-0.15, -0.1) is 0 Å². The minimum atomic E-state index is -1.87. The number of hydrogen-bond acceptors (Lipinski definition) is 12. The van der Waals surface area contributed by atoms with Crippen molar-refractivity contribution in [3.8, 4) is 114 Å². The van der Waals surface area contributed by atoms with Crippen molar-refractivity contribution in [2.45, 2.75) is 139 Å². The Labute approximate surface area is 863 Å². The smallest absolute Gasteiger partial charge is 0.286 e. The quantitative estimate of drug-likeness (QED) is 0.115. The minimum Gasteiger partial charge on any atom is -0.458 e. The third kappa shape index (κ3) is 17.7.